The highest BCUT2D eigenvalue weighted by molar-refractivity contribution is 5.66. The maximum Gasteiger partial charge on any atom is 0.302 e. The second-order valence-electron chi connectivity index (χ2n) is 4.92. The lowest BCUT2D eigenvalue weighted by Crippen LogP contribution is -2.34. The van der Waals surface area contributed by atoms with Crippen LogP contribution in [0, 0.1) is 0 Å². The molecule has 0 saturated heterocycles. The summed E-state index contributed by atoms with van der Waals surface area (Å²) >= 11 is 0. The molecule has 0 spiro atoms. The minimum Gasteiger partial charge on any atom is -0.508 e. The van der Waals surface area contributed by atoms with E-state index in [9.17, 15) is 9.90 Å². The molecule has 0 heterocycles. The fourth-order valence-electron chi connectivity index (χ4n) is 2.26. The molecule has 0 bridgehead atoms. The Morgan fingerprint density at radius 1 is 1.35 bits per heavy atom. The molecule has 1 aliphatic carbocycles. The molecule has 0 radical (unpaired) electrons. The first-order chi connectivity index (χ1) is 9.51. The van der Waals surface area contributed by atoms with Crippen LogP contribution in [0.25, 0.3) is 0 Å². The van der Waals surface area contributed by atoms with E-state index in [1.165, 1.54) is 6.92 Å². The summed E-state index contributed by atoms with van der Waals surface area (Å²) in [6, 6.07) is 0.307. The van der Waals surface area contributed by atoms with Gasteiger partial charge in [0.1, 0.15) is 11.9 Å². The van der Waals surface area contributed by atoms with Gasteiger partial charge in [-0.05, 0) is 31.8 Å². The summed E-state index contributed by atoms with van der Waals surface area (Å²) in [6.07, 6.45) is 9.99. The normalized spacial score (nSPS) is 23.4. The van der Waals surface area contributed by atoms with Gasteiger partial charge in [-0.3, -0.25) is 4.79 Å². The molecule has 0 atom stereocenters. The fraction of sp³-hybridized carbons (Fsp3) is 0.438. The van der Waals surface area contributed by atoms with E-state index in [2.05, 4.69) is 18.5 Å². The molecule has 110 valence electrons. The van der Waals surface area contributed by atoms with Crippen LogP contribution < -0.4 is 5.32 Å². The average molecular weight is 277 g/mol. The number of hydrogen-bond acceptors (Lipinski definition) is 4. The van der Waals surface area contributed by atoms with Gasteiger partial charge in [-0.2, -0.15) is 0 Å². The van der Waals surface area contributed by atoms with Crippen molar-refractivity contribution in [1.29, 1.82) is 0 Å². The zero-order chi connectivity index (χ0) is 15.0. The SMILES string of the molecule is C=C/C=C\C(O)=C\C(=C)NC1CCC(OC(C)=O)CC1. The number of rotatable bonds is 6. The zero-order valence-corrected chi connectivity index (χ0v) is 12.0. The van der Waals surface area contributed by atoms with Crippen molar-refractivity contribution in [2.45, 2.75) is 44.8 Å². The molecule has 1 saturated carbocycles. The fourth-order valence-corrected chi connectivity index (χ4v) is 2.26. The molecule has 1 aliphatic rings. The summed E-state index contributed by atoms with van der Waals surface area (Å²) in [4.78, 5) is 10.9. The van der Waals surface area contributed by atoms with Gasteiger partial charge >= 0.3 is 5.97 Å². The molecule has 0 amide bonds. The molecule has 0 unspecified atom stereocenters. The number of esters is 1. The number of aliphatic hydroxyl groups excluding tert-OH is 1. The maximum absolute atomic E-state index is 10.9. The molecule has 1 fully saturated rings. The Morgan fingerprint density at radius 3 is 2.55 bits per heavy atom. The van der Waals surface area contributed by atoms with Gasteiger partial charge in [0.15, 0.2) is 0 Å². The first-order valence-electron chi connectivity index (χ1n) is 6.83. The van der Waals surface area contributed by atoms with Crippen LogP contribution >= 0.6 is 0 Å². The van der Waals surface area contributed by atoms with Crippen LogP contribution in [0.4, 0.5) is 0 Å². The van der Waals surface area contributed by atoms with Crippen molar-refractivity contribution in [3.8, 4) is 0 Å². The number of nitrogens with one attached hydrogen (secondary N) is 1. The third-order valence-corrected chi connectivity index (χ3v) is 3.12. The molecular weight excluding hydrogens is 254 g/mol. The predicted octanol–water partition coefficient (Wildman–Crippen LogP) is 3.15. The summed E-state index contributed by atoms with van der Waals surface area (Å²) in [6.45, 7) is 8.85. The molecular formula is C16H23NO3. The van der Waals surface area contributed by atoms with E-state index in [0.717, 1.165) is 25.7 Å². The van der Waals surface area contributed by atoms with Crippen molar-refractivity contribution in [3.05, 3.63) is 48.9 Å². The number of hydrogen-bond donors (Lipinski definition) is 2. The molecule has 2 N–H and O–H groups in total. The van der Waals surface area contributed by atoms with Crippen molar-refractivity contribution in [2.75, 3.05) is 0 Å². The lowest BCUT2D eigenvalue weighted by atomic mass is 9.93. The molecule has 4 heteroatoms. The van der Waals surface area contributed by atoms with Crippen LogP contribution in [-0.2, 0) is 9.53 Å². The highest BCUT2D eigenvalue weighted by Crippen LogP contribution is 2.22. The minimum absolute atomic E-state index is 0.0401. The summed E-state index contributed by atoms with van der Waals surface area (Å²) < 4.78 is 5.19. The summed E-state index contributed by atoms with van der Waals surface area (Å²) in [5.74, 6) is -0.0799. The number of carbonyl (C=O) groups is 1. The van der Waals surface area contributed by atoms with E-state index >= 15 is 0 Å². The van der Waals surface area contributed by atoms with Crippen molar-refractivity contribution in [1.82, 2.24) is 5.32 Å². The minimum atomic E-state index is -0.215. The summed E-state index contributed by atoms with van der Waals surface area (Å²) in [7, 11) is 0. The molecule has 0 aromatic heterocycles. The zero-order valence-electron chi connectivity index (χ0n) is 12.0. The van der Waals surface area contributed by atoms with Gasteiger partial charge in [-0.25, -0.2) is 0 Å². The number of carbonyl (C=O) groups excluding carboxylic acids is 1. The third-order valence-electron chi connectivity index (χ3n) is 3.12. The Bertz CT molecular complexity index is 415. The third kappa shape index (κ3) is 6.27. The number of aliphatic hydroxyl groups is 1. The largest absolute Gasteiger partial charge is 0.508 e. The topological polar surface area (TPSA) is 58.6 Å². The molecule has 0 aliphatic heterocycles. The Hall–Kier alpha value is -1.97. The second-order valence-corrected chi connectivity index (χ2v) is 4.92. The van der Waals surface area contributed by atoms with Gasteiger partial charge < -0.3 is 15.2 Å². The Kier molecular flexibility index (Phi) is 6.64. The van der Waals surface area contributed by atoms with Gasteiger partial charge in [0.25, 0.3) is 0 Å². The molecule has 20 heavy (non-hydrogen) atoms. The summed E-state index contributed by atoms with van der Waals surface area (Å²) in [5, 5.41) is 12.9. The van der Waals surface area contributed by atoms with Crippen LogP contribution in [0.2, 0.25) is 0 Å². The van der Waals surface area contributed by atoms with Crippen molar-refractivity contribution < 1.29 is 14.6 Å². The number of ether oxygens (including phenoxy) is 1. The van der Waals surface area contributed by atoms with Gasteiger partial charge in [0, 0.05) is 24.7 Å². The molecule has 0 aromatic rings. The highest BCUT2D eigenvalue weighted by atomic mass is 16.5. The Balaban J connectivity index is 2.36. The quantitative estimate of drug-likeness (QED) is 0.445. The Morgan fingerprint density at radius 2 is 2.00 bits per heavy atom. The molecule has 1 rings (SSSR count). The average Bonchev–Trinajstić information content (AvgIpc) is 2.38. The molecule has 4 nitrogen and oxygen atoms in total. The second kappa shape index (κ2) is 8.25. The van der Waals surface area contributed by atoms with E-state index in [0.29, 0.717) is 11.7 Å². The standard InChI is InChI=1S/C16H23NO3/c1-4-5-6-15(19)11-12(2)17-14-7-9-16(10-8-14)20-13(3)18/h4-6,11,14,16-17,19H,1-2,7-10H2,3H3/b6-5-,15-11-. The van der Waals surface area contributed by atoms with Crippen molar-refractivity contribution in [3.63, 3.8) is 0 Å². The van der Waals surface area contributed by atoms with E-state index in [1.807, 2.05) is 0 Å². The monoisotopic (exact) mass is 277 g/mol. The van der Waals surface area contributed by atoms with E-state index in [1.54, 1.807) is 24.3 Å². The van der Waals surface area contributed by atoms with Crippen LogP contribution in [0.1, 0.15) is 32.6 Å². The van der Waals surface area contributed by atoms with Crippen LogP contribution in [0.3, 0.4) is 0 Å². The van der Waals surface area contributed by atoms with Gasteiger partial charge in [-0.15, -0.1) is 0 Å². The smallest absolute Gasteiger partial charge is 0.302 e. The summed E-state index contributed by atoms with van der Waals surface area (Å²) in [5.41, 5.74) is 0.673. The van der Waals surface area contributed by atoms with E-state index in [4.69, 9.17) is 4.74 Å². The van der Waals surface area contributed by atoms with Crippen molar-refractivity contribution in [2.24, 2.45) is 0 Å². The highest BCUT2D eigenvalue weighted by Gasteiger charge is 2.22. The van der Waals surface area contributed by atoms with Crippen LogP contribution in [0.15, 0.2) is 48.9 Å². The first-order valence-corrected chi connectivity index (χ1v) is 6.83. The Labute approximate surface area is 120 Å². The van der Waals surface area contributed by atoms with Gasteiger partial charge in [-0.1, -0.05) is 25.3 Å². The van der Waals surface area contributed by atoms with E-state index < -0.39 is 0 Å². The number of allylic oxidation sites excluding steroid dienone is 4. The van der Waals surface area contributed by atoms with Crippen LogP contribution in [-0.4, -0.2) is 23.2 Å². The van der Waals surface area contributed by atoms with Gasteiger partial charge in [0.05, 0.1) is 0 Å². The molecule has 0 aromatic carbocycles. The first kappa shape index (κ1) is 16.1. The lowest BCUT2D eigenvalue weighted by molar-refractivity contribution is -0.147. The predicted molar refractivity (Wildman–Crippen MR) is 80.1 cm³/mol. The lowest BCUT2D eigenvalue weighted by Gasteiger charge is -2.29. The van der Waals surface area contributed by atoms with Gasteiger partial charge in [0.2, 0.25) is 0 Å². The van der Waals surface area contributed by atoms with E-state index in [-0.39, 0.29) is 17.8 Å². The van der Waals surface area contributed by atoms with Crippen molar-refractivity contribution >= 4 is 5.97 Å². The maximum atomic E-state index is 10.9. The van der Waals surface area contributed by atoms with Crippen LogP contribution in [0.5, 0.6) is 0 Å².